The molecule has 3 rings (SSSR count). The fourth-order valence-corrected chi connectivity index (χ4v) is 6.09. The van der Waals surface area contributed by atoms with Gasteiger partial charge in [0.1, 0.15) is 0 Å². The summed E-state index contributed by atoms with van der Waals surface area (Å²) in [6, 6.07) is 0. The van der Waals surface area contributed by atoms with Gasteiger partial charge in [0.25, 0.3) is 10.0 Å². The van der Waals surface area contributed by atoms with Crippen LogP contribution in [0.4, 0.5) is 0 Å². The third kappa shape index (κ3) is 2.85. The Morgan fingerprint density at radius 1 is 1.50 bits per heavy atom. The summed E-state index contributed by atoms with van der Waals surface area (Å²) in [4.78, 5) is 4.64. The first kappa shape index (κ1) is 14.6. The van der Waals surface area contributed by atoms with Crippen molar-refractivity contribution in [2.75, 3.05) is 12.3 Å². The number of thiazole rings is 1. The third-order valence-electron chi connectivity index (χ3n) is 3.21. The van der Waals surface area contributed by atoms with E-state index in [1.807, 2.05) is 11.8 Å². The highest BCUT2D eigenvalue weighted by Gasteiger charge is 2.26. The lowest BCUT2D eigenvalue weighted by molar-refractivity contribution is 0.569. The molecule has 2 aromatic heterocycles. The molecule has 0 saturated carbocycles. The fourth-order valence-electron chi connectivity index (χ4n) is 2.22. The van der Waals surface area contributed by atoms with Crippen molar-refractivity contribution in [1.29, 1.82) is 0 Å². The van der Waals surface area contributed by atoms with E-state index < -0.39 is 10.0 Å². The maximum Gasteiger partial charge on any atom is 0.259 e. The number of imidazole rings is 1. The van der Waals surface area contributed by atoms with Gasteiger partial charge in [0, 0.05) is 23.4 Å². The second-order valence-corrected chi connectivity index (χ2v) is 8.93. The van der Waals surface area contributed by atoms with Crippen LogP contribution in [-0.2, 0) is 10.0 Å². The SMILES string of the molecule is O=S(=O)(NCC1CCCCS1)c1c(Cl)nc2sccn12. The second kappa shape index (κ2) is 5.84. The molecular weight excluding hydrogens is 338 g/mol. The fraction of sp³-hybridized carbons (Fsp3) is 0.545. The van der Waals surface area contributed by atoms with Gasteiger partial charge in [-0.1, -0.05) is 18.0 Å². The quantitative estimate of drug-likeness (QED) is 0.919. The van der Waals surface area contributed by atoms with Crippen LogP contribution in [0, 0.1) is 0 Å². The van der Waals surface area contributed by atoms with Crippen LogP contribution < -0.4 is 4.72 Å². The monoisotopic (exact) mass is 351 g/mol. The summed E-state index contributed by atoms with van der Waals surface area (Å²) in [7, 11) is -3.63. The lowest BCUT2D eigenvalue weighted by Crippen LogP contribution is -2.32. The molecule has 1 N–H and O–H groups in total. The first-order valence-corrected chi connectivity index (χ1v) is 10.1. The van der Waals surface area contributed by atoms with Crippen LogP contribution in [0.1, 0.15) is 19.3 Å². The number of aromatic nitrogens is 2. The summed E-state index contributed by atoms with van der Waals surface area (Å²) in [5.41, 5.74) is 0. The molecule has 1 atom stereocenters. The first-order chi connectivity index (χ1) is 9.58. The zero-order valence-electron chi connectivity index (χ0n) is 10.6. The van der Waals surface area contributed by atoms with E-state index in [1.165, 1.54) is 28.6 Å². The molecule has 0 aliphatic carbocycles. The molecule has 0 aromatic carbocycles. The number of hydrogen-bond acceptors (Lipinski definition) is 5. The topological polar surface area (TPSA) is 63.5 Å². The Morgan fingerprint density at radius 2 is 2.35 bits per heavy atom. The maximum absolute atomic E-state index is 12.4. The zero-order chi connectivity index (χ0) is 14.2. The normalized spacial score (nSPS) is 20.6. The van der Waals surface area contributed by atoms with E-state index in [9.17, 15) is 8.42 Å². The van der Waals surface area contributed by atoms with Gasteiger partial charge >= 0.3 is 0 Å². The van der Waals surface area contributed by atoms with Gasteiger partial charge in [0.2, 0.25) is 0 Å². The molecular formula is C11H14ClN3O2S3. The van der Waals surface area contributed by atoms with Crippen LogP contribution in [0.15, 0.2) is 16.6 Å². The lowest BCUT2D eigenvalue weighted by Gasteiger charge is -2.21. The van der Waals surface area contributed by atoms with Gasteiger partial charge in [-0.25, -0.2) is 18.1 Å². The first-order valence-electron chi connectivity index (χ1n) is 6.30. The van der Waals surface area contributed by atoms with Crippen molar-refractivity contribution in [2.45, 2.75) is 29.5 Å². The average Bonchev–Trinajstić information content (AvgIpc) is 2.97. The van der Waals surface area contributed by atoms with E-state index in [4.69, 9.17) is 11.6 Å². The molecule has 0 amide bonds. The number of halogens is 1. The van der Waals surface area contributed by atoms with Gasteiger partial charge in [-0.15, -0.1) is 11.3 Å². The highest BCUT2D eigenvalue weighted by atomic mass is 35.5. The van der Waals surface area contributed by atoms with E-state index in [-0.39, 0.29) is 10.2 Å². The van der Waals surface area contributed by atoms with Gasteiger partial charge in [0.05, 0.1) is 0 Å². The molecule has 3 heterocycles. The van der Waals surface area contributed by atoms with Crippen molar-refractivity contribution in [2.24, 2.45) is 0 Å². The van der Waals surface area contributed by atoms with Gasteiger partial charge in [-0.3, -0.25) is 4.40 Å². The van der Waals surface area contributed by atoms with Gasteiger partial charge < -0.3 is 0 Å². The Balaban J connectivity index is 1.80. The molecule has 2 aromatic rings. The third-order valence-corrected chi connectivity index (χ3v) is 7.18. The smallest absolute Gasteiger partial charge is 0.259 e. The Kier molecular flexibility index (Phi) is 4.28. The van der Waals surface area contributed by atoms with Crippen molar-refractivity contribution in [3.8, 4) is 0 Å². The van der Waals surface area contributed by atoms with Crippen molar-refractivity contribution in [1.82, 2.24) is 14.1 Å². The van der Waals surface area contributed by atoms with E-state index in [2.05, 4.69) is 9.71 Å². The molecule has 1 fully saturated rings. The van der Waals surface area contributed by atoms with Crippen molar-refractivity contribution in [3.05, 3.63) is 16.7 Å². The van der Waals surface area contributed by atoms with Crippen LogP contribution in [0.3, 0.4) is 0 Å². The number of nitrogens with zero attached hydrogens (tertiary/aromatic N) is 2. The molecule has 1 saturated heterocycles. The zero-order valence-corrected chi connectivity index (χ0v) is 13.8. The molecule has 5 nitrogen and oxygen atoms in total. The van der Waals surface area contributed by atoms with Crippen molar-refractivity contribution < 1.29 is 8.42 Å². The van der Waals surface area contributed by atoms with Crippen LogP contribution in [-0.4, -0.2) is 35.4 Å². The van der Waals surface area contributed by atoms with E-state index in [1.54, 1.807) is 11.6 Å². The predicted molar refractivity (Wildman–Crippen MR) is 83.4 cm³/mol. The number of fused-ring (bicyclic) bond motifs is 1. The highest BCUT2D eigenvalue weighted by molar-refractivity contribution is 8.00. The minimum Gasteiger partial charge on any atom is -0.279 e. The van der Waals surface area contributed by atoms with Crippen molar-refractivity contribution >= 4 is 49.7 Å². The van der Waals surface area contributed by atoms with Gasteiger partial charge in [-0.2, -0.15) is 11.8 Å². The van der Waals surface area contributed by atoms with Crippen LogP contribution in [0.25, 0.3) is 4.96 Å². The number of sulfonamides is 1. The molecule has 1 aliphatic heterocycles. The number of thioether (sulfide) groups is 1. The predicted octanol–water partition coefficient (Wildman–Crippen LogP) is 2.61. The summed E-state index contributed by atoms with van der Waals surface area (Å²) in [5, 5.41) is 2.20. The van der Waals surface area contributed by atoms with Crippen LogP contribution in [0.5, 0.6) is 0 Å². The van der Waals surface area contributed by atoms with E-state index >= 15 is 0 Å². The molecule has 20 heavy (non-hydrogen) atoms. The molecule has 0 radical (unpaired) electrons. The largest absolute Gasteiger partial charge is 0.279 e. The number of hydrogen-bond donors (Lipinski definition) is 1. The summed E-state index contributed by atoms with van der Waals surface area (Å²) in [5.74, 6) is 1.11. The number of rotatable bonds is 4. The molecule has 0 bridgehead atoms. The van der Waals surface area contributed by atoms with Crippen LogP contribution in [0.2, 0.25) is 5.15 Å². The average molecular weight is 352 g/mol. The highest BCUT2D eigenvalue weighted by Crippen LogP contribution is 2.27. The second-order valence-electron chi connectivity index (χ2n) is 4.60. The van der Waals surface area contributed by atoms with E-state index in [0.717, 1.165) is 12.2 Å². The summed E-state index contributed by atoms with van der Waals surface area (Å²) >= 11 is 9.15. The minimum absolute atomic E-state index is 0.0284. The summed E-state index contributed by atoms with van der Waals surface area (Å²) in [6.07, 6.45) is 5.11. The molecule has 0 spiro atoms. The Morgan fingerprint density at radius 3 is 3.10 bits per heavy atom. The molecule has 110 valence electrons. The molecule has 1 aliphatic rings. The molecule has 9 heteroatoms. The van der Waals surface area contributed by atoms with E-state index in [0.29, 0.717) is 16.8 Å². The number of nitrogens with one attached hydrogen (secondary N) is 1. The lowest BCUT2D eigenvalue weighted by atomic mass is 10.2. The Bertz CT molecular complexity index is 704. The minimum atomic E-state index is -3.63. The van der Waals surface area contributed by atoms with Gasteiger partial charge in [-0.05, 0) is 18.6 Å². The van der Waals surface area contributed by atoms with Gasteiger partial charge in [0.15, 0.2) is 15.1 Å². The Labute approximate surface area is 130 Å². The van der Waals surface area contributed by atoms with Crippen LogP contribution >= 0.6 is 34.7 Å². The standard InChI is InChI=1S/C11H14ClN3O2S3/c12-9-10(15-4-6-19-11(15)14-9)20(16,17)13-7-8-3-1-2-5-18-8/h4,6,8,13H,1-3,5,7H2. The summed E-state index contributed by atoms with van der Waals surface area (Å²) in [6.45, 7) is 0.445. The summed E-state index contributed by atoms with van der Waals surface area (Å²) < 4.78 is 29.0. The van der Waals surface area contributed by atoms with Crippen molar-refractivity contribution in [3.63, 3.8) is 0 Å². The maximum atomic E-state index is 12.4. The molecule has 1 unspecified atom stereocenters. The Hall–Kier alpha value is -0.280.